The van der Waals surface area contributed by atoms with Crippen LogP contribution >= 0.6 is 0 Å². The molecule has 1 aliphatic carbocycles. The van der Waals surface area contributed by atoms with Crippen molar-refractivity contribution in [3.05, 3.63) is 46.6 Å². The van der Waals surface area contributed by atoms with Crippen molar-refractivity contribution in [1.29, 1.82) is 0 Å². The fourth-order valence-electron chi connectivity index (χ4n) is 1.98. The van der Waals surface area contributed by atoms with Crippen LogP contribution in [0.1, 0.15) is 6.92 Å². The first-order valence-electron chi connectivity index (χ1n) is 6.45. The molecule has 6 heteroatoms. The number of amides is 1. The van der Waals surface area contributed by atoms with E-state index < -0.39 is 6.09 Å². The second kappa shape index (κ2) is 5.24. The Morgan fingerprint density at radius 1 is 1.33 bits per heavy atom. The largest absolute Gasteiger partial charge is 0.453 e. The Balaban J connectivity index is 2.10. The Hall–Kier alpha value is -2.89. The fraction of sp³-hybridized carbons (Fsp3) is 0.133. The van der Waals surface area contributed by atoms with Gasteiger partial charge in [0.2, 0.25) is 5.43 Å². The van der Waals surface area contributed by atoms with Gasteiger partial charge < -0.3 is 9.15 Å². The third kappa shape index (κ3) is 2.55. The summed E-state index contributed by atoms with van der Waals surface area (Å²) in [6, 6.07) is 10.0. The van der Waals surface area contributed by atoms with Gasteiger partial charge in [-0.05, 0) is 25.1 Å². The predicted molar refractivity (Wildman–Crippen MR) is 77.5 cm³/mol. The van der Waals surface area contributed by atoms with E-state index in [9.17, 15) is 9.59 Å². The summed E-state index contributed by atoms with van der Waals surface area (Å²) < 4.78 is 10.4. The molecule has 1 aromatic rings. The highest BCUT2D eigenvalue weighted by atomic mass is 16.5. The highest BCUT2D eigenvalue weighted by Crippen LogP contribution is 2.25. The average Bonchev–Trinajstić information content (AvgIpc) is 2.46. The van der Waals surface area contributed by atoms with E-state index in [1.165, 1.54) is 12.1 Å². The standard InChI is InChI=1S/C15H12N2O4/c1-2-20-15(19)17-10-7-11-14(8-12(10)18)21-13-6-4-3-5-9(13)16-11/h3-8H,2H2,1H3,(H,17,19). The average molecular weight is 284 g/mol. The molecule has 2 aliphatic rings. The van der Waals surface area contributed by atoms with Crippen LogP contribution in [0.15, 0.2) is 45.6 Å². The molecule has 0 spiro atoms. The summed E-state index contributed by atoms with van der Waals surface area (Å²) in [7, 11) is 0. The van der Waals surface area contributed by atoms with E-state index in [1.807, 2.05) is 18.2 Å². The minimum Gasteiger partial charge on any atom is -0.453 e. The van der Waals surface area contributed by atoms with E-state index >= 15 is 0 Å². The molecule has 1 amide bonds. The van der Waals surface area contributed by atoms with Gasteiger partial charge in [-0.2, -0.15) is 0 Å². The number of aromatic nitrogens is 1. The number of ether oxygens (including phenoxy) is 1. The number of nitrogens with one attached hydrogen (secondary N) is 1. The van der Waals surface area contributed by atoms with Crippen molar-refractivity contribution in [1.82, 2.24) is 4.98 Å². The van der Waals surface area contributed by atoms with Gasteiger partial charge in [-0.3, -0.25) is 10.1 Å². The summed E-state index contributed by atoms with van der Waals surface area (Å²) in [4.78, 5) is 27.8. The van der Waals surface area contributed by atoms with Crippen LogP contribution in [0.2, 0.25) is 0 Å². The molecule has 0 atom stereocenters. The van der Waals surface area contributed by atoms with E-state index in [4.69, 9.17) is 9.15 Å². The summed E-state index contributed by atoms with van der Waals surface area (Å²) in [6.07, 6.45) is -0.674. The smallest absolute Gasteiger partial charge is 0.411 e. The summed E-state index contributed by atoms with van der Waals surface area (Å²) in [6.45, 7) is 1.91. The predicted octanol–water partition coefficient (Wildman–Crippen LogP) is 2.86. The third-order valence-electron chi connectivity index (χ3n) is 2.90. The van der Waals surface area contributed by atoms with Gasteiger partial charge in [0, 0.05) is 6.07 Å². The first kappa shape index (κ1) is 13.1. The molecule has 0 bridgehead atoms. The summed E-state index contributed by atoms with van der Waals surface area (Å²) in [5.74, 6) is 0.369. The van der Waals surface area contributed by atoms with Gasteiger partial charge in [-0.1, -0.05) is 12.1 Å². The van der Waals surface area contributed by atoms with E-state index in [-0.39, 0.29) is 17.7 Å². The molecule has 21 heavy (non-hydrogen) atoms. The van der Waals surface area contributed by atoms with Crippen LogP contribution in [0.3, 0.4) is 0 Å². The maximum atomic E-state index is 12.0. The molecule has 3 rings (SSSR count). The van der Waals surface area contributed by atoms with E-state index in [0.717, 1.165) is 0 Å². The SMILES string of the molecule is CCOC(=O)Nc1cc2nc3ccccc3oc-2cc1=O. The zero-order chi connectivity index (χ0) is 14.8. The number of benzene rings is 2. The minimum absolute atomic E-state index is 0.110. The maximum absolute atomic E-state index is 12.0. The van der Waals surface area contributed by atoms with Crippen molar-refractivity contribution in [3.63, 3.8) is 0 Å². The second-order valence-electron chi connectivity index (χ2n) is 4.34. The first-order valence-corrected chi connectivity index (χ1v) is 6.45. The van der Waals surface area contributed by atoms with Gasteiger partial charge in [-0.25, -0.2) is 9.78 Å². The van der Waals surface area contributed by atoms with Crippen molar-refractivity contribution in [3.8, 4) is 11.5 Å². The summed E-state index contributed by atoms with van der Waals surface area (Å²) >= 11 is 0. The van der Waals surface area contributed by atoms with Crippen molar-refractivity contribution in [2.45, 2.75) is 6.92 Å². The third-order valence-corrected chi connectivity index (χ3v) is 2.90. The van der Waals surface area contributed by atoms with Crippen LogP contribution in [0, 0.1) is 0 Å². The van der Waals surface area contributed by atoms with E-state index in [1.54, 1.807) is 13.0 Å². The van der Waals surface area contributed by atoms with Crippen LogP contribution < -0.4 is 10.7 Å². The Kier molecular flexibility index (Phi) is 3.27. The Bertz CT molecular complexity index is 841. The van der Waals surface area contributed by atoms with Gasteiger partial charge in [0.1, 0.15) is 11.2 Å². The number of carbonyl (C=O) groups excluding carboxylic acids is 1. The molecule has 1 aromatic carbocycles. The molecular formula is C15H12N2O4. The number of nitrogens with zero attached hydrogens (tertiary/aromatic N) is 1. The van der Waals surface area contributed by atoms with Crippen LogP contribution in [-0.4, -0.2) is 17.7 Å². The van der Waals surface area contributed by atoms with Crippen molar-refractivity contribution < 1.29 is 13.9 Å². The van der Waals surface area contributed by atoms with Crippen LogP contribution in [-0.2, 0) is 4.74 Å². The highest BCUT2D eigenvalue weighted by molar-refractivity contribution is 5.86. The zero-order valence-electron chi connectivity index (χ0n) is 11.3. The fourth-order valence-corrected chi connectivity index (χ4v) is 1.98. The van der Waals surface area contributed by atoms with Gasteiger partial charge >= 0.3 is 6.09 Å². The topological polar surface area (TPSA) is 81.4 Å². The van der Waals surface area contributed by atoms with Crippen LogP contribution in [0.5, 0.6) is 0 Å². The zero-order valence-corrected chi connectivity index (χ0v) is 11.3. The van der Waals surface area contributed by atoms with E-state index in [0.29, 0.717) is 22.6 Å². The molecule has 0 fully saturated rings. The Labute approximate surface area is 119 Å². The van der Waals surface area contributed by atoms with E-state index in [2.05, 4.69) is 10.3 Å². The van der Waals surface area contributed by atoms with Gasteiger partial charge in [0.05, 0.1) is 12.3 Å². The number of anilines is 1. The lowest BCUT2D eigenvalue weighted by Crippen LogP contribution is -2.19. The van der Waals surface area contributed by atoms with Gasteiger partial charge in [0.25, 0.3) is 0 Å². The maximum Gasteiger partial charge on any atom is 0.411 e. The monoisotopic (exact) mass is 284 g/mol. The van der Waals surface area contributed by atoms with Gasteiger partial charge in [-0.15, -0.1) is 0 Å². The molecule has 6 nitrogen and oxygen atoms in total. The molecule has 1 aliphatic heterocycles. The molecule has 0 aromatic heterocycles. The van der Waals surface area contributed by atoms with Crippen LogP contribution in [0.4, 0.5) is 10.5 Å². The first-order chi connectivity index (χ1) is 10.2. The minimum atomic E-state index is -0.674. The van der Waals surface area contributed by atoms with Gasteiger partial charge in [0.15, 0.2) is 11.3 Å². The Morgan fingerprint density at radius 2 is 2.14 bits per heavy atom. The van der Waals surface area contributed by atoms with Crippen molar-refractivity contribution >= 4 is 22.9 Å². The molecule has 1 N–H and O–H groups in total. The number of hydrogen-bond donors (Lipinski definition) is 1. The molecule has 0 unspecified atom stereocenters. The van der Waals surface area contributed by atoms with Crippen molar-refractivity contribution in [2.24, 2.45) is 0 Å². The lowest BCUT2D eigenvalue weighted by Gasteiger charge is -2.09. The number of para-hydroxylation sites is 2. The summed E-state index contributed by atoms with van der Waals surface area (Å²) in [5.41, 5.74) is 1.50. The molecule has 106 valence electrons. The molecule has 0 saturated heterocycles. The lowest BCUT2D eigenvalue weighted by atomic mass is 10.2. The quantitative estimate of drug-likeness (QED) is 0.732. The molecule has 1 heterocycles. The molecular weight excluding hydrogens is 272 g/mol. The Morgan fingerprint density at radius 3 is 2.95 bits per heavy atom. The van der Waals surface area contributed by atoms with Crippen molar-refractivity contribution in [2.75, 3.05) is 11.9 Å². The normalized spacial score (nSPS) is 10.7. The highest BCUT2D eigenvalue weighted by Gasteiger charge is 2.14. The number of fused-ring (bicyclic) bond motifs is 2. The number of hydrogen-bond acceptors (Lipinski definition) is 5. The number of rotatable bonds is 2. The molecule has 0 saturated carbocycles. The number of carbonyl (C=O) groups is 1. The lowest BCUT2D eigenvalue weighted by molar-refractivity contribution is 0.168. The van der Waals surface area contributed by atoms with Crippen LogP contribution in [0.25, 0.3) is 22.6 Å². The molecule has 0 radical (unpaired) electrons. The second-order valence-corrected chi connectivity index (χ2v) is 4.34. The summed E-state index contributed by atoms with van der Waals surface area (Å²) in [5, 5.41) is 2.40.